The fourth-order valence-electron chi connectivity index (χ4n) is 3.12. The van der Waals surface area contributed by atoms with Gasteiger partial charge in [0.05, 0.1) is 15.5 Å². The summed E-state index contributed by atoms with van der Waals surface area (Å²) in [4.78, 5) is 37.8. The first-order valence-corrected chi connectivity index (χ1v) is 9.34. The van der Waals surface area contributed by atoms with E-state index in [0.717, 1.165) is 25.3 Å². The highest BCUT2D eigenvalue weighted by Gasteiger charge is 2.31. The lowest BCUT2D eigenvalue weighted by molar-refractivity contribution is -0.384. The maximum atomic E-state index is 13.0. The molecule has 0 radical (unpaired) electrons. The second-order valence-electron chi connectivity index (χ2n) is 6.50. The van der Waals surface area contributed by atoms with Gasteiger partial charge in [-0.2, -0.15) is 0 Å². The van der Waals surface area contributed by atoms with E-state index in [-0.39, 0.29) is 22.2 Å². The molecule has 1 aliphatic heterocycles. The highest BCUT2D eigenvalue weighted by Crippen LogP contribution is 2.27. The number of piperidine rings is 1. The Kier molecular flexibility index (Phi) is 6.26. The number of hydrogen-bond acceptors (Lipinski definition) is 5. The molecule has 2 aromatic carbocycles. The number of nitro benzene ring substituents is 1. The van der Waals surface area contributed by atoms with Crippen LogP contribution in [0.3, 0.4) is 0 Å². The number of nitro groups is 1. The third-order valence-corrected chi connectivity index (χ3v) is 4.93. The quantitative estimate of drug-likeness (QED) is 0.425. The van der Waals surface area contributed by atoms with Crippen molar-refractivity contribution in [2.24, 2.45) is 0 Å². The van der Waals surface area contributed by atoms with Crippen LogP contribution in [0.2, 0.25) is 5.02 Å². The van der Waals surface area contributed by atoms with Crippen molar-refractivity contribution in [3.05, 3.63) is 74.8 Å². The number of benzene rings is 2. The lowest BCUT2D eigenvalue weighted by Crippen LogP contribution is -2.40. The number of carbonyl (C=O) groups is 2. The maximum absolute atomic E-state index is 13.0. The summed E-state index contributed by atoms with van der Waals surface area (Å²) in [6.45, 7) is 1.22. The maximum Gasteiger partial charge on any atom is 0.341 e. The van der Waals surface area contributed by atoms with Crippen molar-refractivity contribution < 1.29 is 19.2 Å². The van der Waals surface area contributed by atoms with Crippen LogP contribution < -0.4 is 0 Å². The molecule has 0 N–H and O–H groups in total. The van der Waals surface area contributed by atoms with Crippen LogP contribution in [-0.4, -0.2) is 34.8 Å². The number of halogens is 1. The van der Waals surface area contributed by atoms with Crippen molar-refractivity contribution in [2.45, 2.75) is 25.4 Å². The summed E-state index contributed by atoms with van der Waals surface area (Å²) in [5, 5.41) is 11.0. The molecule has 1 amide bonds. The molecule has 1 heterocycles. The second kappa shape index (κ2) is 8.84. The summed E-state index contributed by atoms with van der Waals surface area (Å²) >= 11 is 6.03. The van der Waals surface area contributed by atoms with Gasteiger partial charge < -0.3 is 9.64 Å². The van der Waals surface area contributed by atoms with Crippen molar-refractivity contribution in [1.82, 2.24) is 4.90 Å². The van der Waals surface area contributed by atoms with Gasteiger partial charge in [-0.15, -0.1) is 0 Å². The van der Waals surface area contributed by atoms with Gasteiger partial charge in [0.25, 0.3) is 11.6 Å². The molecule has 0 unspecified atom stereocenters. The van der Waals surface area contributed by atoms with Crippen LogP contribution in [0.15, 0.2) is 48.5 Å². The highest BCUT2D eigenvalue weighted by molar-refractivity contribution is 6.33. The zero-order chi connectivity index (χ0) is 20.1. The van der Waals surface area contributed by atoms with Crippen molar-refractivity contribution >= 4 is 29.2 Å². The van der Waals surface area contributed by atoms with E-state index in [2.05, 4.69) is 0 Å². The number of amides is 1. The lowest BCUT2D eigenvalue weighted by Gasteiger charge is -2.30. The van der Waals surface area contributed by atoms with Gasteiger partial charge in [-0.25, -0.2) is 4.79 Å². The highest BCUT2D eigenvalue weighted by atomic mass is 35.5. The minimum Gasteiger partial charge on any atom is -0.444 e. The Morgan fingerprint density at radius 2 is 1.75 bits per heavy atom. The monoisotopic (exact) mass is 402 g/mol. The predicted octanol–water partition coefficient (Wildman–Crippen LogP) is 4.16. The zero-order valence-electron chi connectivity index (χ0n) is 15.0. The molecule has 1 aliphatic rings. The summed E-state index contributed by atoms with van der Waals surface area (Å²) in [6.07, 6.45) is 1.72. The first-order valence-electron chi connectivity index (χ1n) is 8.96. The Hall–Kier alpha value is -2.93. The molecule has 0 bridgehead atoms. The van der Waals surface area contributed by atoms with E-state index in [1.165, 1.54) is 12.1 Å². The summed E-state index contributed by atoms with van der Waals surface area (Å²) in [7, 11) is 0. The number of hydrogen-bond donors (Lipinski definition) is 0. The Labute approximate surface area is 167 Å². The molecule has 1 atom stereocenters. The molecule has 0 aliphatic carbocycles. The normalized spacial score (nSPS) is 15.0. The molecule has 0 saturated carbocycles. The number of esters is 1. The molecule has 0 aromatic heterocycles. The predicted molar refractivity (Wildman–Crippen MR) is 103 cm³/mol. The molecule has 8 heteroatoms. The molecule has 3 rings (SSSR count). The van der Waals surface area contributed by atoms with E-state index < -0.39 is 17.0 Å². The Bertz CT molecular complexity index is 881. The molecule has 7 nitrogen and oxygen atoms in total. The van der Waals surface area contributed by atoms with Gasteiger partial charge in [-0.1, -0.05) is 41.9 Å². The number of likely N-dealkylation sites (tertiary alicyclic amines) is 1. The number of nitrogens with zero attached hydrogens (tertiary/aromatic N) is 2. The van der Waals surface area contributed by atoms with Crippen LogP contribution in [0.5, 0.6) is 0 Å². The number of rotatable bonds is 5. The average molecular weight is 403 g/mol. The first kappa shape index (κ1) is 19.8. The standard InChI is InChI=1S/C20H19ClN2O5/c21-17-10-9-15(23(26)27)13-16(17)20(25)28-18(14-7-3-1-4-8-14)19(24)22-11-5-2-6-12-22/h1,3-4,7-10,13,18H,2,5-6,11-12H2/t18-/m0/s1. The fourth-order valence-corrected chi connectivity index (χ4v) is 3.32. The van der Waals surface area contributed by atoms with E-state index in [0.29, 0.717) is 18.7 Å². The summed E-state index contributed by atoms with van der Waals surface area (Å²) in [5.41, 5.74) is 0.103. The van der Waals surface area contributed by atoms with Gasteiger partial charge in [0.15, 0.2) is 0 Å². The fraction of sp³-hybridized carbons (Fsp3) is 0.300. The third kappa shape index (κ3) is 4.48. The second-order valence-corrected chi connectivity index (χ2v) is 6.91. The Morgan fingerprint density at radius 3 is 2.39 bits per heavy atom. The number of non-ortho nitro benzene ring substituents is 1. The summed E-state index contributed by atoms with van der Waals surface area (Å²) < 4.78 is 5.52. The number of carbonyl (C=O) groups excluding carboxylic acids is 2. The van der Waals surface area contributed by atoms with Crippen LogP contribution in [0.1, 0.15) is 41.3 Å². The van der Waals surface area contributed by atoms with E-state index in [9.17, 15) is 19.7 Å². The molecular weight excluding hydrogens is 384 g/mol. The van der Waals surface area contributed by atoms with Crippen molar-refractivity contribution in [3.8, 4) is 0 Å². The largest absolute Gasteiger partial charge is 0.444 e. The van der Waals surface area contributed by atoms with Gasteiger partial charge >= 0.3 is 5.97 Å². The molecule has 0 spiro atoms. The lowest BCUT2D eigenvalue weighted by atomic mass is 10.1. The molecule has 28 heavy (non-hydrogen) atoms. The van der Waals surface area contributed by atoms with Crippen LogP contribution >= 0.6 is 11.6 Å². The van der Waals surface area contributed by atoms with Crippen LogP contribution in [-0.2, 0) is 9.53 Å². The average Bonchev–Trinajstić information content (AvgIpc) is 2.72. The van der Waals surface area contributed by atoms with Gasteiger partial charge in [0.2, 0.25) is 6.10 Å². The minimum absolute atomic E-state index is 0.0211. The van der Waals surface area contributed by atoms with Crippen LogP contribution in [0, 0.1) is 10.1 Å². The van der Waals surface area contributed by atoms with Gasteiger partial charge in [0.1, 0.15) is 0 Å². The third-order valence-electron chi connectivity index (χ3n) is 4.60. The van der Waals surface area contributed by atoms with Crippen molar-refractivity contribution in [3.63, 3.8) is 0 Å². The molecular formula is C20H19ClN2O5. The van der Waals surface area contributed by atoms with Crippen molar-refractivity contribution in [1.29, 1.82) is 0 Å². The van der Waals surface area contributed by atoms with E-state index >= 15 is 0 Å². The number of ether oxygens (including phenoxy) is 1. The smallest absolute Gasteiger partial charge is 0.341 e. The summed E-state index contributed by atoms with van der Waals surface area (Å²) in [6, 6.07) is 12.2. The van der Waals surface area contributed by atoms with Gasteiger partial charge in [0, 0.05) is 30.8 Å². The van der Waals surface area contributed by atoms with Gasteiger partial charge in [-0.3, -0.25) is 14.9 Å². The molecule has 1 fully saturated rings. The zero-order valence-corrected chi connectivity index (χ0v) is 15.8. The molecule has 2 aromatic rings. The van der Waals surface area contributed by atoms with Gasteiger partial charge in [-0.05, 0) is 25.3 Å². The van der Waals surface area contributed by atoms with E-state index in [4.69, 9.17) is 16.3 Å². The van der Waals surface area contributed by atoms with Crippen molar-refractivity contribution in [2.75, 3.05) is 13.1 Å². The minimum atomic E-state index is -1.14. The van der Waals surface area contributed by atoms with E-state index in [1.807, 2.05) is 0 Å². The first-order chi connectivity index (χ1) is 13.5. The summed E-state index contributed by atoms with van der Waals surface area (Å²) in [5.74, 6) is -1.19. The SMILES string of the molecule is O=C(O[C@H](C(=O)N1CCCCC1)c1ccccc1)c1cc([N+](=O)[O-])ccc1Cl. The molecule has 146 valence electrons. The topological polar surface area (TPSA) is 89.8 Å². The van der Waals surface area contributed by atoms with Crippen LogP contribution in [0.25, 0.3) is 0 Å². The van der Waals surface area contributed by atoms with E-state index in [1.54, 1.807) is 35.2 Å². The Balaban J connectivity index is 1.89. The Morgan fingerprint density at radius 1 is 1.07 bits per heavy atom. The molecule has 1 saturated heterocycles. The van der Waals surface area contributed by atoms with Crippen LogP contribution in [0.4, 0.5) is 5.69 Å².